The first-order valence-electron chi connectivity index (χ1n) is 8.05. The van der Waals surface area contributed by atoms with Gasteiger partial charge in [0, 0.05) is 18.3 Å². The van der Waals surface area contributed by atoms with Crippen LogP contribution in [0.1, 0.15) is 32.6 Å². The van der Waals surface area contributed by atoms with Crippen molar-refractivity contribution in [2.45, 2.75) is 38.1 Å². The molecule has 0 saturated heterocycles. The number of carbonyl (C=O) groups is 1. The van der Waals surface area contributed by atoms with E-state index in [0.29, 0.717) is 6.61 Å². The zero-order chi connectivity index (χ0) is 15.7. The van der Waals surface area contributed by atoms with Crippen LogP contribution in [0.3, 0.4) is 0 Å². The molecule has 22 heavy (non-hydrogen) atoms. The maximum Gasteiger partial charge on any atom is 0.229 e. The van der Waals surface area contributed by atoms with Crippen LogP contribution in [-0.2, 0) is 4.79 Å². The predicted octanol–water partition coefficient (Wildman–Crippen LogP) is 2.36. The van der Waals surface area contributed by atoms with Gasteiger partial charge in [-0.1, -0.05) is 12.8 Å². The molecule has 120 valence electrons. The Kier molecular flexibility index (Phi) is 4.00. The summed E-state index contributed by atoms with van der Waals surface area (Å²) in [5, 5.41) is 3.04. The second kappa shape index (κ2) is 5.80. The molecule has 3 N–H and O–H groups in total. The van der Waals surface area contributed by atoms with Crippen molar-refractivity contribution in [1.82, 2.24) is 0 Å². The first-order valence-corrected chi connectivity index (χ1v) is 8.05. The normalized spacial score (nSPS) is 27.8. The van der Waals surface area contributed by atoms with Gasteiger partial charge in [0.1, 0.15) is 12.4 Å². The number of nitrogens with zero attached hydrogens (tertiary/aromatic N) is 1. The number of hydrogen-bond acceptors (Lipinski definition) is 4. The van der Waals surface area contributed by atoms with E-state index in [4.69, 9.17) is 10.5 Å². The largest absolute Gasteiger partial charge is 0.490 e. The molecule has 1 fully saturated rings. The van der Waals surface area contributed by atoms with Crippen LogP contribution in [0.2, 0.25) is 0 Å². The quantitative estimate of drug-likeness (QED) is 0.880. The molecule has 1 aromatic carbocycles. The lowest BCUT2D eigenvalue weighted by Crippen LogP contribution is -2.51. The minimum Gasteiger partial charge on any atom is -0.490 e. The van der Waals surface area contributed by atoms with Crippen LogP contribution in [0.4, 0.5) is 11.4 Å². The number of nitrogens with two attached hydrogens (primary N) is 1. The average Bonchev–Trinajstić information content (AvgIpc) is 2.47. The first kappa shape index (κ1) is 15.2. The maximum absolute atomic E-state index is 12.6. The average molecular weight is 303 g/mol. The van der Waals surface area contributed by atoms with Crippen molar-refractivity contribution in [3.8, 4) is 5.75 Å². The van der Waals surface area contributed by atoms with E-state index in [0.717, 1.165) is 49.4 Å². The molecule has 0 bridgehead atoms. The molecule has 1 aromatic rings. The number of rotatable bonds is 2. The van der Waals surface area contributed by atoms with Gasteiger partial charge in [-0.2, -0.15) is 0 Å². The molecule has 1 saturated carbocycles. The molecule has 0 spiro atoms. The third kappa shape index (κ3) is 2.90. The van der Waals surface area contributed by atoms with Gasteiger partial charge in [0.05, 0.1) is 18.2 Å². The molecule has 5 nitrogen and oxygen atoms in total. The Labute approximate surface area is 131 Å². The topological polar surface area (TPSA) is 67.6 Å². The Morgan fingerprint density at radius 3 is 3.05 bits per heavy atom. The number of carbonyl (C=O) groups excluding carboxylic acids is 1. The molecule has 1 aliphatic heterocycles. The zero-order valence-electron chi connectivity index (χ0n) is 13.4. The Hall–Kier alpha value is -1.75. The van der Waals surface area contributed by atoms with E-state index in [1.807, 2.05) is 32.2 Å². The molecule has 1 amide bonds. The van der Waals surface area contributed by atoms with Crippen LogP contribution in [-0.4, -0.2) is 31.6 Å². The lowest BCUT2D eigenvalue weighted by Gasteiger charge is -2.37. The molecule has 1 aliphatic carbocycles. The molecule has 3 rings (SSSR count). The summed E-state index contributed by atoms with van der Waals surface area (Å²) in [5.74, 6) is 0.781. The summed E-state index contributed by atoms with van der Waals surface area (Å²) in [6, 6.07) is 5.79. The fraction of sp³-hybridized carbons (Fsp3) is 0.588. The molecule has 2 aliphatic rings. The molecule has 2 unspecified atom stereocenters. The molecule has 0 radical (unpaired) electrons. The zero-order valence-corrected chi connectivity index (χ0v) is 13.4. The molecule has 5 heteroatoms. The monoisotopic (exact) mass is 303 g/mol. The smallest absolute Gasteiger partial charge is 0.229 e. The van der Waals surface area contributed by atoms with E-state index in [1.54, 1.807) is 0 Å². The third-order valence-electron chi connectivity index (χ3n) is 4.89. The standard InChI is InChI=1S/C17H25N3O2/c1-17(18)8-4-3-5-13(17)16(21)19-12-6-7-15-14(11-12)20(2)9-10-22-15/h6-7,11,13H,3-5,8-10,18H2,1-2H3,(H,19,21). The number of ether oxygens (including phenoxy) is 1. The van der Waals surface area contributed by atoms with E-state index in [2.05, 4.69) is 10.2 Å². The van der Waals surface area contributed by atoms with Crippen LogP contribution >= 0.6 is 0 Å². The van der Waals surface area contributed by atoms with Gasteiger partial charge >= 0.3 is 0 Å². The van der Waals surface area contributed by atoms with Crippen molar-refractivity contribution in [3.05, 3.63) is 18.2 Å². The van der Waals surface area contributed by atoms with Gasteiger partial charge in [-0.05, 0) is 38.0 Å². The number of anilines is 2. The van der Waals surface area contributed by atoms with E-state index in [-0.39, 0.29) is 11.8 Å². The third-order valence-corrected chi connectivity index (χ3v) is 4.89. The highest BCUT2D eigenvalue weighted by atomic mass is 16.5. The highest BCUT2D eigenvalue weighted by Gasteiger charge is 2.37. The van der Waals surface area contributed by atoms with E-state index < -0.39 is 5.54 Å². The minimum atomic E-state index is -0.406. The summed E-state index contributed by atoms with van der Waals surface area (Å²) in [6.45, 7) is 3.54. The van der Waals surface area contributed by atoms with Gasteiger partial charge in [0.25, 0.3) is 0 Å². The van der Waals surface area contributed by atoms with Crippen LogP contribution in [0.25, 0.3) is 0 Å². The number of likely N-dealkylation sites (N-methyl/N-ethyl adjacent to an activating group) is 1. The Morgan fingerprint density at radius 1 is 1.45 bits per heavy atom. The van der Waals surface area contributed by atoms with Crippen LogP contribution < -0.4 is 20.7 Å². The highest BCUT2D eigenvalue weighted by molar-refractivity contribution is 5.94. The van der Waals surface area contributed by atoms with Crippen molar-refractivity contribution >= 4 is 17.3 Å². The highest BCUT2D eigenvalue weighted by Crippen LogP contribution is 2.35. The van der Waals surface area contributed by atoms with Crippen LogP contribution in [0, 0.1) is 5.92 Å². The number of nitrogens with one attached hydrogen (secondary N) is 1. The van der Waals surface area contributed by atoms with Gasteiger partial charge in [-0.25, -0.2) is 0 Å². The number of amides is 1. The summed E-state index contributed by atoms with van der Waals surface area (Å²) >= 11 is 0. The summed E-state index contributed by atoms with van der Waals surface area (Å²) < 4.78 is 5.63. The van der Waals surface area contributed by atoms with Crippen LogP contribution in [0.15, 0.2) is 18.2 Å². The first-order chi connectivity index (χ1) is 10.5. The van der Waals surface area contributed by atoms with Crippen molar-refractivity contribution in [2.24, 2.45) is 11.7 Å². The van der Waals surface area contributed by atoms with Gasteiger partial charge < -0.3 is 20.7 Å². The van der Waals surface area contributed by atoms with Gasteiger partial charge in [0.2, 0.25) is 5.91 Å². The SMILES string of the molecule is CN1CCOc2ccc(NC(=O)C3CCCCC3(C)N)cc21. The second-order valence-electron chi connectivity index (χ2n) is 6.75. The van der Waals surface area contributed by atoms with Crippen molar-refractivity contribution in [1.29, 1.82) is 0 Å². The minimum absolute atomic E-state index is 0.0315. The molecular formula is C17H25N3O2. The van der Waals surface area contributed by atoms with E-state index >= 15 is 0 Å². The maximum atomic E-state index is 12.6. The molecule has 0 aromatic heterocycles. The van der Waals surface area contributed by atoms with Gasteiger partial charge in [0.15, 0.2) is 0 Å². The van der Waals surface area contributed by atoms with Crippen molar-refractivity contribution in [2.75, 3.05) is 30.4 Å². The number of benzene rings is 1. The second-order valence-corrected chi connectivity index (χ2v) is 6.75. The molecule has 2 atom stereocenters. The molecule has 1 heterocycles. The van der Waals surface area contributed by atoms with E-state index in [1.165, 1.54) is 0 Å². The lowest BCUT2D eigenvalue weighted by molar-refractivity contribution is -0.122. The fourth-order valence-corrected chi connectivity index (χ4v) is 3.45. The number of hydrogen-bond donors (Lipinski definition) is 2. The van der Waals surface area contributed by atoms with Crippen LogP contribution in [0.5, 0.6) is 5.75 Å². The Bertz CT molecular complexity index is 571. The summed E-state index contributed by atoms with van der Waals surface area (Å²) in [4.78, 5) is 14.7. The Morgan fingerprint density at radius 2 is 2.27 bits per heavy atom. The summed E-state index contributed by atoms with van der Waals surface area (Å²) in [5.41, 5.74) is 7.74. The summed E-state index contributed by atoms with van der Waals surface area (Å²) in [6.07, 6.45) is 3.96. The van der Waals surface area contributed by atoms with Gasteiger partial charge in [-0.15, -0.1) is 0 Å². The summed E-state index contributed by atoms with van der Waals surface area (Å²) in [7, 11) is 2.03. The lowest BCUT2D eigenvalue weighted by atomic mass is 9.74. The fourth-order valence-electron chi connectivity index (χ4n) is 3.45. The number of fused-ring (bicyclic) bond motifs is 1. The van der Waals surface area contributed by atoms with Crippen molar-refractivity contribution in [3.63, 3.8) is 0 Å². The Balaban J connectivity index is 1.75. The van der Waals surface area contributed by atoms with Gasteiger partial charge in [-0.3, -0.25) is 4.79 Å². The predicted molar refractivity (Wildman–Crippen MR) is 88.4 cm³/mol. The van der Waals surface area contributed by atoms with E-state index in [9.17, 15) is 4.79 Å². The molecular weight excluding hydrogens is 278 g/mol. The van der Waals surface area contributed by atoms with Crippen molar-refractivity contribution < 1.29 is 9.53 Å².